The molecule has 2 aromatic rings. The van der Waals surface area contributed by atoms with Gasteiger partial charge >= 0.3 is 0 Å². The number of aromatic nitrogens is 2. The minimum atomic E-state index is -0.258. The molecule has 1 saturated heterocycles. The molecule has 4 rings (SSSR count). The summed E-state index contributed by atoms with van der Waals surface area (Å²) >= 11 is 0. The average Bonchev–Trinajstić information content (AvgIpc) is 3.29. The summed E-state index contributed by atoms with van der Waals surface area (Å²) in [5.41, 5.74) is 0.919. The molecule has 1 aromatic carbocycles. The molecule has 126 valence electrons. The molecule has 1 fully saturated rings. The topological polar surface area (TPSA) is 88.3 Å². The Hall–Kier alpha value is -2.25. The Labute approximate surface area is 144 Å². The van der Waals surface area contributed by atoms with Crippen molar-refractivity contribution in [3.63, 3.8) is 0 Å². The maximum atomic E-state index is 12.3. The van der Waals surface area contributed by atoms with Crippen molar-refractivity contribution in [2.45, 2.75) is 25.3 Å². The summed E-state index contributed by atoms with van der Waals surface area (Å²) in [5, 5.41) is 7.24. The average molecular weight is 349 g/mol. The Morgan fingerprint density at radius 3 is 2.54 bits per heavy atom. The van der Waals surface area contributed by atoms with Crippen molar-refractivity contribution in [2.75, 3.05) is 13.1 Å². The lowest BCUT2D eigenvalue weighted by Gasteiger charge is -2.11. The molecular formula is C16H17ClN4O3. The van der Waals surface area contributed by atoms with Gasteiger partial charge in [-0.3, -0.25) is 14.5 Å². The first-order valence-electron chi connectivity index (χ1n) is 7.75. The summed E-state index contributed by atoms with van der Waals surface area (Å²) in [6, 6.07) is 6.98. The molecule has 1 aromatic heterocycles. The summed E-state index contributed by atoms with van der Waals surface area (Å²) in [7, 11) is 0. The second-order valence-corrected chi connectivity index (χ2v) is 5.76. The van der Waals surface area contributed by atoms with Gasteiger partial charge < -0.3 is 9.84 Å². The summed E-state index contributed by atoms with van der Waals surface area (Å²) in [6.45, 7) is 1.21. The summed E-state index contributed by atoms with van der Waals surface area (Å²) in [6.07, 6.45) is 2.47. The molecule has 2 amide bonds. The van der Waals surface area contributed by atoms with Crippen LogP contribution in [0.15, 0.2) is 28.8 Å². The third-order valence-corrected chi connectivity index (χ3v) is 4.28. The van der Waals surface area contributed by atoms with E-state index in [9.17, 15) is 9.59 Å². The number of nitrogens with zero attached hydrogens (tertiary/aromatic N) is 3. The lowest BCUT2D eigenvalue weighted by Crippen LogP contribution is -2.31. The van der Waals surface area contributed by atoms with Gasteiger partial charge in [-0.25, -0.2) is 0 Å². The summed E-state index contributed by atoms with van der Waals surface area (Å²) in [5.74, 6) is 0.587. The van der Waals surface area contributed by atoms with Gasteiger partial charge in [0.1, 0.15) is 0 Å². The number of benzene rings is 1. The van der Waals surface area contributed by atoms with Crippen LogP contribution in [0.5, 0.6) is 0 Å². The van der Waals surface area contributed by atoms with Crippen molar-refractivity contribution in [3.8, 4) is 0 Å². The van der Waals surface area contributed by atoms with Crippen LogP contribution < -0.4 is 5.32 Å². The van der Waals surface area contributed by atoms with E-state index in [0.717, 1.165) is 19.4 Å². The van der Waals surface area contributed by atoms with Crippen molar-refractivity contribution < 1.29 is 14.1 Å². The fourth-order valence-electron chi connectivity index (χ4n) is 3.06. The van der Waals surface area contributed by atoms with Crippen LogP contribution in [-0.2, 0) is 6.42 Å². The number of carbonyl (C=O) groups excluding carboxylic acids is 2. The Balaban J connectivity index is 0.00000169. The van der Waals surface area contributed by atoms with Gasteiger partial charge in [-0.1, -0.05) is 17.3 Å². The smallest absolute Gasteiger partial charge is 0.261 e. The number of halogens is 1. The molecule has 0 spiro atoms. The SMILES string of the molecule is Cl.O=C1c2ccccc2C(=O)N1CCc1noc(C2CCCN2)n1. The van der Waals surface area contributed by atoms with E-state index >= 15 is 0 Å². The van der Waals surface area contributed by atoms with E-state index in [4.69, 9.17) is 4.52 Å². The van der Waals surface area contributed by atoms with E-state index in [2.05, 4.69) is 15.5 Å². The van der Waals surface area contributed by atoms with Crippen LogP contribution in [0.1, 0.15) is 51.3 Å². The number of carbonyl (C=O) groups is 2. The van der Waals surface area contributed by atoms with Crippen LogP contribution in [0.3, 0.4) is 0 Å². The van der Waals surface area contributed by atoms with E-state index in [0.29, 0.717) is 29.3 Å². The largest absolute Gasteiger partial charge is 0.338 e. The highest BCUT2D eigenvalue weighted by Gasteiger charge is 2.35. The molecule has 1 unspecified atom stereocenters. The molecule has 7 nitrogen and oxygen atoms in total. The fraction of sp³-hybridized carbons (Fsp3) is 0.375. The lowest BCUT2D eigenvalue weighted by atomic mass is 10.1. The highest BCUT2D eigenvalue weighted by atomic mass is 35.5. The van der Waals surface area contributed by atoms with Crippen molar-refractivity contribution >= 4 is 24.2 Å². The van der Waals surface area contributed by atoms with Crippen molar-refractivity contribution in [3.05, 3.63) is 47.1 Å². The number of rotatable bonds is 4. The highest BCUT2D eigenvalue weighted by Crippen LogP contribution is 2.23. The number of amides is 2. The van der Waals surface area contributed by atoms with Crippen molar-refractivity contribution in [1.29, 1.82) is 0 Å². The molecule has 1 atom stereocenters. The predicted octanol–water partition coefficient (Wildman–Crippen LogP) is 1.75. The zero-order valence-corrected chi connectivity index (χ0v) is 13.7. The number of fused-ring (bicyclic) bond motifs is 1. The standard InChI is InChI=1S/C16H16N4O3.ClH/c21-15-10-4-1-2-5-11(10)16(22)20(15)9-7-13-18-14(23-19-13)12-6-3-8-17-12;/h1-2,4-5,12,17H,3,6-9H2;1H. The first kappa shape index (κ1) is 16.6. The first-order valence-corrected chi connectivity index (χ1v) is 7.75. The maximum Gasteiger partial charge on any atom is 0.261 e. The third kappa shape index (κ3) is 2.81. The van der Waals surface area contributed by atoms with Crippen LogP contribution in [-0.4, -0.2) is 39.9 Å². The first-order chi connectivity index (χ1) is 11.2. The summed E-state index contributed by atoms with van der Waals surface area (Å²) < 4.78 is 5.27. The monoisotopic (exact) mass is 348 g/mol. The van der Waals surface area contributed by atoms with Gasteiger partial charge in [0.15, 0.2) is 5.82 Å². The van der Waals surface area contributed by atoms with Gasteiger partial charge in [0.05, 0.1) is 17.2 Å². The molecule has 3 heterocycles. The number of hydrogen-bond acceptors (Lipinski definition) is 6. The van der Waals surface area contributed by atoms with Gasteiger partial charge in [-0.15, -0.1) is 12.4 Å². The molecule has 0 bridgehead atoms. The lowest BCUT2D eigenvalue weighted by molar-refractivity contribution is 0.0655. The maximum absolute atomic E-state index is 12.3. The second-order valence-electron chi connectivity index (χ2n) is 5.76. The Morgan fingerprint density at radius 2 is 1.92 bits per heavy atom. The minimum absolute atomic E-state index is 0. The molecular weight excluding hydrogens is 332 g/mol. The van der Waals surface area contributed by atoms with Gasteiger partial charge in [-0.05, 0) is 31.5 Å². The molecule has 2 aliphatic heterocycles. The van der Waals surface area contributed by atoms with Crippen LogP contribution in [0, 0.1) is 0 Å². The zero-order valence-electron chi connectivity index (χ0n) is 12.9. The molecule has 1 N–H and O–H groups in total. The minimum Gasteiger partial charge on any atom is -0.338 e. The van der Waals surface area contributed by atoms with Crippen LogP contribution >= 0.6 is 12.4 Å². The van der Waals surface area contributed by atoms with Crippen LogP contribution in [0.4, 0.5) is 0 Å². The summed E-state index contributed by atoms with van der Waals surface area (Å²) in [4.78, 5) is 30.2. The number of imide groups is 1. The molecule has 0 aliphatic carbocycles. The normalized spacial score (nSPS) is 19.5. The van der Waals surface area contributed by atoms with Crippen LogP contribution in [0.2, 0.25) is 0 Å². The quantitative estimate of drug-likeness (QED) is 0.847. The Bertz CT molecular complexity index is 735. The van der Waals surface area contributed by atoms with Crippen LogP contribution in [0.25, 0.3) is 0 Å². The van der Waals surface area contributed by atoms with E-state index in [1.54, 1.807) is 24.3 Å². The van der Waals surface area contributed by atoms with Gasteiger partial charge in [0, 0.05) is 13.0 Å². The van der Waals surface area contributed by atoms with Gasteiger partial charge in [-0.2, -0.15) is 4.98 Å². The highest BCUT2D eigenvalue weighted by molar-refractivity contribution is 6.21. The van der Waals surface area contributed by atoms with E-state index in [1.165, 1.54) is 4.90 Å². The van der Waals surface area contributed by atoms with Gasteiger partial charge in [0.2, 0.25) is 5.89 Å². The fourth-order valence-corrected chi connectivity index (χ4v) is 3.06. The molecule has 0 radical (unpaired) electrons. The van der Waals surface area contributed by atoms with E-state index in [1.807, 2.05) is 0 Å². The number of nitrogens with one attached hydrogen (secondary N) is 1. The predicted molar refractivity (Wildman–Crippen MR) is 87.0 cm³/mol. The Morgan fingerprint density at radius 1 is 1.21 bits per heavy atom. The van der Waals surface area contributed by atoms with Crippen molar-refractivity contribution in [2.24, 2.45) is 0 Å². The zero-order chi connectivity index (χ0) is 15.8. The van der Waals surface area contributed by atoms with Gasteiger partial charge in [0.25, 0.3) is 11.8 Å². The molecule has 8 heteroatoms. The Kier molecular flexibility index (Phi) is 4.64. The number of hydrogen-bond donors (Lipinski definition) is 1. The third-order valence-electron chi connectivity index (χ3n) is 4.28. The van der Waals surface area contributed by atoms with Crippen molar-refractivity contribution in [1.82, 2.24) is 20.4 Å². The van der Waals surface area contributed by atoms with E-state index in [-0.39, 0.29) is 36.8 Å². The molecule has 2 aliphatic rings. The second kappa shape index (κ2) is 6.70. The molecule has 0 saturated carbocycles. The van der Waals surface area contributed by atoms with E-state index < -0.39 is 0 Å². The molecule has 24 heavy (non-hydrogen) atoms.